The third kappa shape index (κ3) is 1.03. The van der Waals surface area contributed by atoms with Crippen LogP contribution in [0.15, 0.2) is 18.2 Å². The van der Waals surface area contributed by atoms with Crippen LogP contribution < -0.4 is 4.90 Å². The van der Waals surface area contributed by atoms with Crippen LogP contribution in [0.5, 0.6) is 0 Å². The second kappa shape index (κ2) is 2.31. The summed E-state index contributed by atoms with van der Waals surface area (Å²) in [6.07, 6.45) is 0. The Balaban J connectivity index is 2.49. The topological polar surface area (TPSA) is 4.44 Å². The van der Waals surface area contributed by atoms with Crippen LogP contribution in [-0.2, 0) is 13.1 Å². The number of nitrogens with one attached hydrogen (secondary N) is 1. The standard InChI is InChI=1S/C9H10FN/c1-11-5-7-3-2-4-9(10)8(7)6-11/h2-4,11H,1,5-6H2. The van der Waals surface area contributed by atoms with Crippen LogP contribution in [0.4, 0.5) is 4.39 Å². The Labute approximate surface area is 65.4 Å². The van der Waals surface area contributed by atoms with E-state index >= 15 is 0 Å². The number of fused-ring (bicyclic) bond motifs is 1. The van der Waals surface area contributed by atoms with Gasteiger partial charge in [0.1, 0.15) is 5.82 Å². The monoisotopic (exact) mass is 151 g/mol. The molecule has 1 aromatic rings. The second-order valence-electron chi connectivity index (χ2n) is 2.98. The van der Waals surface area contributed by atoms with Crippen molar-refractivity contribution in [3.63, 3.8) is 0 Å². The molecular weight excluding hydrogens is 141 g/mol. The minimum atomic E-state index is -0.0823. The number of benzene rings is 1. The lowest BCUT2D eigenvalue weighted by molar-refractivity contribution is -0.874. The van der Waals surface area contributed by atoms with Crippen LogP contribution in [0.25, 0.3) is 0 Å². The summed E-state index contributed by atoms with van der Waals surface area (Å²) in [5.74, 6) is -0.0823. The van der Waals surface area contributed by atoms with Gasteiger partial charge in [-0.05, 0) is 6.07 Å². The van der Waals surface area contributed by atoms with E-state index in [2.05, 4.69) is 7.05 Å². The van der Waals surface area contributed by atoms with Gasteiger partial charge < -0.3 is 4.90 Å². The average Bonchev–Trinajstić information content (AvgIpc) is 2.31. The fraction of sp³-hybridized carbons (Fsp3) is 0.222. The summed E-state index contributed by atoms with van der Waals surface area (Å²) in [5, 5.41) is 0. The molecular formula is C9H10FN. The lowest BCUT2D eigenvalue weighted by atomic mass is 10.1. The van der Waals surface area contributed by atoms with Crippen LogP contribution in [0, 0.1) is 12.9 Å². The van der Waals surface area contributed by atoms with E-state index in [1.54, 1.807) is 6.07 Å². The van der Waals surface area contributed by atoms with Gasteiger partial charge in [0.15, 0.2) is 0 Å². The zero-order chi connectivity index (χ0) is 7.84. The summed E-state index contributed by atoms with van der Waals surface area (Å²) in [6.45, 7) is 1.58. The van der Waals surface area contributed by atoms with Crippen LogP contribution in [-0.4, -0.2) is 0 Å². The van der Waals surface area contributed by atoms with Gasteiger partial charge in [-0.15, -0.1) is 0 Å². The fourth-order valence-corrected chi connectivity index (χ4v) is 1.55. The van der Waals surface area contributed by atoms with Gasteiger partial charge in [0.25, 0.3) is 0 Å². The second-order valence-corrected chi connectivity index (χ2v) is 2.98. The molecule has 1 aliphatic rings. The largest absolute Gasteiger partial charge is 0.460 e. The molecule has 1 heterocycles. The fourth-order valence-electron chi connectivity index (χ4n) is 1.55. The molecule has 0 bridgehead atoms. The van der Waals surface area contributed by atoms with Crippen molar-refractivity contribution in [2.75, 3.05) is 0 Å². The SMILES string of the molecule is [CH2-][NH+]1Cc2cccc(F)c2C1. The highest BCUT2D eigenvalue weighted by Gasteiger charge is 2.18. The lowest BCUT2D eigenvalue weighted by Crippen LogP contribution is -3.01. The Bertz CT molecular complexity index is 283. The van der Waals surface area contributed by atoms with Crippen LogP contribution in [0.2, 0.25) is 0 Å². The first kappa shape index (κ1) is 6.80. The van der Waals surface area contributed by atoms with Crippen molar-refractivity contribution in [1.29, 1.82) is 0 Å². The summed E-state index contributed by atoms with van der Waals surface area (Å²) in [4.78, 5) is 1.12. The molecule has 0 aliphatic carbocycles. The van der Waals surface area contributed by atoms with E-state index in [-0.39, 0.29) is 5.82 Å². The zero-order valence-electron chi connectivity index (χ0n) is 6.23. The molecule has 0 amide bonds. The van der Waals surface area contributed by atoms with Crippen molar-refractivity contribution >= 4 is 0 Å². The van der Waals surface area contributed by atoms with Gasteiger partial charge in [0.05, 0.1) is 13.1 Å². The molecule has 2 rings (SSSR count). The number of halogens is 1. The number of hydrogen-bond acceptors (Lipinski definition) is 0. The van der Waals surface area contributed by atoms with Gasteiger partial charge >= 0.3 is 0 Å². The summed E-state index contributed by atoms with van der Waals surface area (Å²) < 4.78 is 13.0. The summed E-state index contributed by atoms with van der Waals surface area (Å²) >= 11 is 0. The molecule has 0 fully saturated rings. The first-order valence-electron chi connectivity index (χ1n) is 3.70. The van der Waals surface area contributed by atoms with Crippen molar-refractivity contribution in [3.05, 3.63) is 42.2 Å². The van der Waals surface area contributed by atoms with Crippen molar-refractivity contribution in [3.8, 4) is 0 Å². The molecule has 0 saturated carbocycles. The predicted molar refractivity (Wildman–Crippen MR) is 40.1 cm³/mol. The van der Waals surface area contributed by atoms with Gasteiger partial charge in [-0.1, -0.05) is 12.1 Å². The maximum atomic E-state index is 13.0. The quantitative estimate of drug-likeness (QED) is 0.515. The van der Waals surface area contributed by atoms with Crippen LogP contribution in [0.1, 0.15) is 11.1 Å². The lowest BCUT2D eigenvalue weighted by Gasteiger charge is -2.10. The molecule has 58 valence electrons. The summed E-state index contributed by atoms with van der Waals surface area (Å²) in [5.41, 5.74) is 1.95. The van der Waals surface area contributed by atoms with Gasteiger partial charge in [0, 0.05) is 11.1 Å². The minimum absolute atomic E-state index is 0.0823. The Morgan fingerprint density at radius 3 is 2.91 bits per heavy atom. The molecule has 11 heavy (non-hydrogen) atoms. The highest BCUT2D eigenvalue weighted by molar-refractivity contribution is 5.28. The van der Waals surface area contributed by atoms with Crippen molar-refractivity contribution in [2.24, 2.45) is 0 Å². The molecule has 0 saturated heterocycles. The highest BCUT2D eigenvalue weighted by Crippen LogP contribution is 2.14. The zero-order valence-corrected chi connectivity index (χ0v) is 6.23. The molecule has 1 aliphatic heterocycles. The van der Waals surface area contributed by atoms with E-state index in [9.17, 15) is 4.39 Å². The smallest absolute Gasteiger partial charge is 0.132 e. The third-order valence-corrected chi connectivity index (χ3v) is 2.08. The van der Waals surface area contributed by atoms with E-state index in [0.717, 1.165) is 29.1 Å². The van der Waals surface area contributed by atoms with E-state index in [0.29, 0.717) is 0 Å². The molecule has 2 heteroatoms. The van der Waals surface area contributed by atoms with Crippen molar-refractivity contribution < 1.29 is 9.29 Å². The predicted octanol–water partition coefficient (Wildman–Crippen LogP) is 0.516. The third-order valence-electron chi connectivity index (χ3n) is 2.08. The molecule has 1 aromatic carbocycles. The highest BCUT2D eigenvalue weighted by atomic mass is 19.1. The van der Waals surface area contributed by atoms with Crippen molar-refractivity contribution in [1.82, 2.24) is 0 Å². The Hall–Kier alpha value is -0.890. The molecule has 1 unspecified atom stereocenters. The number of quaternary nitrogens is 1. The van der Waals surface area contributed by atoms with E-state index in [4.69, 9.17) is 0 Å². The normalized spacial score (nSPS) is 21.8. The van der Waals surface area contributed by atoms with E-state index < -0.39 is 0 Å². The molecule has 1 atom stereocenters. The van der Waals surface area contributed by atoms with Gasteiger partial charge in [-0.3, -0.25) is 0 Å². The first-order valence-corrected chi connectivity index (χ1v) is 3.70. The molecule has 1 nitrogen and oxygen atoms in total. The van der Waals surface area contributed by atoms with Crippen LogP contribution >= 0.6 is 0 Å². The Kier molecular flexibility index (Phi) is 1.43. The van der Waals surface area contributed by atoms with E-state index in [1.807, 2.05) is 6.07 Å². The van der Waals surface area contributed by atoms with Crippen LogP contribution in [0.3, 0.4) is 0 Å². The van der Waals surface area contributed by atoms with Gasteiger partial charge in [-0.25, -0.2) is 4.39 Å². The molecule has 1 N–H and O–H groups in total. The van der Waals surface area contributed by atoms with Gasteiger partial charge in [-0.2, -0.15) is 7.05 Å². The molecule has 0 spiro atoms. The Morgan fingerprint density at radius 2 is 2.18 bits per heavy atom. The van der Waals surface area contributed by atoms with E-state index in [1.165, 1.54) is 6.07 Å². The number of hydrogen-bond donors (Lipinski definition) is 1. The summed E-state index contributed by atoms with van der Waals surface area (Å²) in [6, 6.07) is 5.24. The minimum Gasteiger partial charge on any atom is -0.460 e. The Morgan fingerprint density at radius 1 is 1.36 bits per heavy atom. The van der Waals surface area contributed by atoms with Crippen molar-refractivity contribution in [2.45, 2.75) is 13.1 Å². The maximum absolute atomic E-state index is 13.0. The maximum Gasteiger partial charge on any atom is 0.132 e. The average molecular weight is 151 g/mol. The number of rotatable bonds is 0. The first-order chi connectivity index (χ1) is 5.27. The van der Waals surface area contributed by atoms with Gasteiger partial charge in [0.2, 0.25) is 0 Å². The molecule has 0 radical (unpaired) electrons. The molecule has 0 aromatic heterocycles. The summed E-state index contributed by atoms with van der Waals surface area (Å²) in [7, 11) is 3.84.